The molecule has 31 heavy (non-hydrogen) atoms. The highest BCUT2D eigenvalue weighted by Gasteiger charge is 2.59. The lowest BCUT2D eigenvalue weighted by molar-refractivity contribution is -0.290. The zero-order valence-corrected chi connectivity index (χ0v) is 16.3. The molecule has 0 aliphatic carbocycles. The predicted molar refractivity (Wildman–Crippen MR) is 101 cm³/mol. The molecule has 5 nitrogen and oxygen atoms in total. The maximum absolute atomic E-state index is 13.4. The molecule has 0 unspecified atom stereocenters. The molecule has 3 rings (SSSR count). The number of carboxylic acids is 1. The highest BCUT2D eigenvalue weighted by atomic mass is 19.4. The van der Waals surface area contributed by atoms with Crippen LogP contribution in [0, 0.1) is 0 Å². The highest BCUT2D eigenvalue weighted by Crippen LogP contribution is 2.43. The predicted octanol–water partition coefficient (Wildman–Crippen LogP) is 5.22. The van der Waals surface area contributed by atoms with E-state index in [9.17, 15) is 26.7 Å². The van der Waals surface area contributed by atoms with E-state index < -0.39 is 29.2 Å². The Labute approximate surface area is 173 Å². The van der Waals surface area contributed by atoms with Crippen molar-refractivity contribution in [2.45, 2.75) is 31.4 Å². The second kappa shape index (κ2) is 7.68. The van der Waals surface area contributed by atoms with Crippen LogP contribution in [-0.4, -0.2) is 32.2 Å². The number of carbonyl (C=O) groups is 1. The van der Waals surface area contributed by atoms with E-state index in [0.717, 1.165) is 12.3 Å². The molecule has 0 radical (unpaired) electrons. The second-order valence-electron chi connectivity index (χ2n) is 7.25. The Morgan fingerprint density at radius 1 is 0.839 bits per heavy atom. The van der Waals surface area contributed by atoms with Crippen molar-refractivity contribution in [2.24, 2.45) is 0 Å². The Morgan fingerprint density at radius 2 is 1.45 bits per heavy atom. The number of aromatic nitrogens is 3. The second-order valence-corrected chi connectivity index (χ2v) is 7.25. The molecule has 0 aliphatic heterocycles. The highest BCUT2D eigenvalue weighted by molar-refractivity contribution is 5.85. The number of pyridine rings is 3. The van der Waals surface area contributed by atoms with Crippen molar-refractivity contribution in [1.29, 1.82) is 0 Å². The molecule has 3 heterocycles. The van der Waals surface area contributed by atoms with Gasteiger partial charge in [0.2, 0.25) is 0 Å². The fourth-order valence-corrected chi connectivity index (χ4v) is 2.85. The quantitative estimate of drug-likeness (QED) is 0.554. The molecule has 3 aromatic rings. The van der Waals surface area contributed by atoms with Gasteiger partial charge < -0.3 is 5.11 Å². The summed E-state index contributed by atoms with van der Waals surface area (Å²) < 4.78 is 64.4. The van der Waals surface area contributed by atoms with Crippen LogP contribution in [0.4, 0.5) is 22.0 Å². The zero-order chi connectivity index (χ0) is 23.0. The van der Waals surface area contributed by atoms with Crippen molar-refractivity contribution in [1.82, 2.24) is 15.0 Å². The number of rotatable bonds is 5. The summed E-state index contributed by atoms with van der Waals surface area (Å²) in [6.45, 7) is 3.55. The SMILES string of the molecule is CC(C)(c1cccc(C(=O)O)n1)c1cccc(-c2ccc(C(F)(F)C(F)(F)F)nc2)n1. The third-order valence-corrected chi connectivity index (χ3v) is 4.73. The number of hydrogen-bond donors (Lipinski definition) is 1. The Balaban J connectivity index is 1.97. The van der Waals surface area contributed by atoms with E-state index in [1.165, 1.54) is 6.07 Å². The van der Waals surface area contributed by atoms with Crippen LogP contribution >= 0.6 is 0 Å². The van der Waals surface area contributed by atoms with Crippen LogP contribution in [0.2, 0.25) is 0 Å². The number of hydrogen-bond acceptors (Lipinski definition) is 4. The van der Waals surface area contributed by atoms with Gasteiger partial charge in [0, 0.05) is 17.2 Å². The molecule has 0 saturated heterocycles. The molecule has 0 bridgehead atoms. The summed E-state index contributed by atoms with van der Waals surface area (Å²) in [6, 6.07) is 11.1. The van der Waals surface area contributed by atoms with Crippen LogP contribution in [0.5, 0.6) is 0 Å². The summed E-state index contributed by atoms with van der Waals surface area (Å²) >= 11 is 0. The van der Waals surface area contributed by atoms with Crippen LogP contribution < -0.4 is 0 Å². The molecule has 0 amide bonds. The molecule has 1 N–H and O–H groups in total. The summed E-state index contributed by atoms with van der Waals surface area (Å²) in [5.41, 5.74) is -0.888. The Hall–Kier alpha value is -3.43. The normalized spacial score (nSPS) is 12.6. The van der Waals surface area contributed by atoms with Crippen LogP contribution in [0.15, 0.2) is 54.7 Å². The molecule has 0 aliphatic rings. The van der Waals surface area contributed by atoms with Gasteiger partial charge >= 0.3 is 18.1 Å². The number of carboxylic acid groups (broad SMARTS) is 1. The summed E-state index contributed by atoms with van der Waals surface area (Å²) in [6.07, 6.45) is -4.85. The van der Waals surface area contributed by atoms with Gasteiger partial charge in [-0.2, -0.15) is 22.0 Å². The molecule has 0 spiro atoms. The maximum atomic E-state index is 13.4. The molecular formula is C21H16F5N3O2. The number of nitrogens with zero attached hydrogens (tertiary/aromatic N) is 3. The van der Waals surface area contributed by atoms with E-state index in [1.54, 1.807) is 44.2 Å². The molecule has 0 fully saturated rings. The third kappa shape index (κ3) is 4.23. The number of aromatic carboxylic acids is 1. The van der Waals surface area contributed by atoms with Gasteiger partial charge in [-0.05, 0) is 50.2 Å². The van der Waals surface area contributed by atoms with Gasteiger partial charge in [-0.3, -0.25) is 9.97 Å². The van der Waals surface area contributed by atoms with Gasteiger partial charge in [0.25, 0.3) is 0 Å². The van der Waals surface area contributed by atoms with Crippen LogP contribution in [0.25, 0.3) is 11.3 Å². The summed E-state index contributed by atoms with van der Waals surface area (Å²) in [4.78, 5) is 23.1. The fraction of sp³-hybridized carbons (Fsp3) is 0.238. The Bertz CT molecular complexity index is 1110. The van der Waals surface area contributed by atoms with Crippen molar-refractivity contribution < 1.29 is 31.9 Å². The maximum Gasteiger partial charge on any atom is 0.459 e. The first kappa shape index (κ1) is 22.3. The lowest BCUT2D eigenvalue weighted by atomic mass is 9.84. The first-order valence-corrected chi connectivity index (χ1v) is 8.94. The van der Waals surface area contributed by atoms with E-state index in [4.69, 9.17) is 5.11 Å². The summed E-state index contributed by atoms with van der Waals surface area (Å²) in [5, 5.41) is 9.16. The van der Waals surface area contributed by atoms with E-state index in [2.05, 4.69) is 15.0 Å². The summed E-state index contributed by atoms with van der Waals surface area (Å²) in [5.74, 6) is -6.25. The van der Waals surface area contributed by atoms with Crippen molar-refractivity contribution >= 4 is 5.97 Å². The van der Waals surface area contributed by atoms with Crippen LogP contribution in [0.1, 0.15) is 41.4 Å². The lowest BCUT2D eigenvalue weighted by Crippen LogP contribution is -2.34. The molecule has 10 heteroatoms. The molecule has 3 aromatic heterocycles. The van der Waals surface area contributed by atoms with Crippen molar-refractivity contribution in [3.8, 4) is 11.3 Å². The van der Waals surface area contributed by atoms with Crippen molar-refractivity contribution in [3.63, 3.8) is 0 Å². The average Bonchev–Trinajstić information content (AvgIpc) is 2.73. The van der Waals surface area contributed by atoms with Gasteiger partial charge in [0.15, 0.2) is 0 Å². The Kier molecular flexibility index (Phi) is 5.51. The molecule has 0 atom stereocenters. The third-order valence-electron chi connectivity index (χ3n) is 4.73. The molecule has 0 saturated carbocycles. The van der Waals surface area contributed by atoms with Crippen LogP contribution in [0.3, 0.4) is 0 Å². The number of halogens is 5. The van der Waals surface area contributed by atoms with Crippen LogP contribution in [-0.2, 0) is 11.3 Å². The average molecular weight is 437 g/mol. The standard InChI is InChI=1S/C21H16F5N3O2/c1-19(2,16-8-4-6-14(29-16)18(30)31)15-7-3-5-13(28-15)12-9-10-17(27-11-12)20(22,23)21(24,25)26/h3-11H,1-2H3,(H,30,31). The minimum absolute atomic E-state index is 0.132. The Morgan fingerprint density at radius 3 is 2.00 bits per heavy atom. The van der Waals surface area contributed by atoms with Crippen molar-refractivity contribution in [2.75, 3.05) is 0 Å². The van der Waals surface area contributed by atoms with E-state index >= 15 is 0 Å². The molecular weight excluding hydrogens is 421 g/mol. The van der Waals surface area contributed by atoms with Gasteiger partial charge in [-0.25, -0.2) is 9.78 Å². The van der Waals surface area contributed by atoms with Gasteiger partial charge in [-0.15, -0.1) is 0 Å². The largest absolute Gasteiger partial charge is 0.477 e. The monoisotopic (exact) mass is 437 g/mol. The van der Waals surface area contributed by atoms with E-state index in [-0.39, 0.29) is 11.3 Å². The van der Waals surface area contributed by atoms with E-state index in [0.29, 0.717) is 23.1 Å². The lowest BCUT2D eigenvalue weighted by Gasteiger charge is -2.24. The topological polar surface area (TPSA) is 76.0 Å². The first-order valence-electron chi connectivity index (χ1n) is 8.94. The summed E-state index contributed by atoms with van der Waals surface area (Å²) in [7, 11) is 0. The fourth-order valence-electron chi connectivity index (χ4n) is 2.85. The first-order chi connectivity index (χ1) is 14.3. The van der Waals surface area contributed by atoms with Gasteiger partial charge in [0.05, 0.1) is 17.1 Å². The van der Waals surface area contributed by atoms with Gasteiger partial charge in [0.1, 0.15) is 11.4 Å². The molecule has 0 aromatic carbocycles. The zero-order valence-electron chi connectivity index (χ0n) is 16.3. The van der Waals surface area contributed by atoms with Gasteiger partial charge in [-0.1, -0.05) is 12.1 Å². The molecule has 162 valence electrons. The van der Waals surface area contributed by atoms with E-state index in [1.807, 2.05) is 0 Å². The smallest absolute Gasteiger partial charge is 0.459 e. The van der Waals surface area contributed by atoms with Crippen molar-refractivity contribution in [3.05, 3.63) is 77.5 Å². The minimum atomic E-state index is -5.75. The minimum Gasteiger partial charge on any atom is -0.477 e. The number of alkyl halides is 5.